The molecule has 34 heavy (non-hydrogen) atoms. The van der Waals surface area contributed by atoms with Crippen LogP contribution in [-0.4, -0.2) is 60.1 Å². The summed E-state index contributed by atoms with van der Waals surface area (Å²) in [7, 11) is 3.72. The molecular weight excluding hydrogens is 450 g/mol. The van der Waals surface area contributed by atoms with Crippen LogP contribution >= 0.6 is 11.3 Å². The van der Waals surface area contributed by atoms with Crippen molar-refractivity contribution in [3.63, 3.8) is 0 Å². The zero-order valence-corrected chi connectivity index (χ0v) is 20.9. The minimum absolute atomic E-state index is 0.0148. The number of hydrogen-bond donors (Lipinski definition) is 1. The van der Waals surface area contributed by atoms with Crippen LogP contribution in [0.1, 0.15) is 29.4 Å². The molecular formula is C25H31N5O3S. The highest BCUT2D eigenvalue weighted by Crippen LogP contribution is 2.23. The fourth-order valence-electron chi connectivity index (χ4n) is 3.31. The van der Waals surface area contributed by atoms with Gasteiger partial charge in [-0.05, 0) is 76.3 Å². The van der Waals surface area contributed by atoms with Crippen LogP contribution in [0.15, 0.2) is 53.0 Å². The maximum atomic E-state index is 12.8. The van der Waals surface area contributed by atoms with Gasteiger partial charge in [-0.2, -0.15) is 4.99 Å². The second-order valence-corrected chi connectivity index (χ2v) is 8.90. The van der Waals surface area contributed by atoms with E-state index in [9.17, 15) is 9.59 Å². The van der Waals surface area contributed by atoms with E-state index in [0.717, 1.165) is 22.7 Å². The Bertz CT molecular complexity index is 1160. The molecule has 1 N–H and O–H groups in total. The molecule has 0 fully saturated rings. The number of hydrogen-bond acceptors (Lipinski definition) is 6. The number of nitrogens with one attached hydrogen (secondary N) is 1. The average Bonchev–Trinajstić information content (AvgIpc) is 3.19. The Morgan fingerprint density at radius 1 is 1.18 bits per heavy atom. The highest BCUT2D eigenvalue weighted by molar-refractivity contribution is 7.07. The van der Waals surface area contributed by atoms with E-state index in [2.05, 4.69) is 15.3 Å². The van der Waals surface area contributed by atoms with Crippen molar-refractivity contribution in [3.8, 4) is 17.0 Å². The normalized spacial score (nSPS) is 11.6. The van der Waals surface area contributed by atoms with Crippen LogP contribution in [0.4, 0.5) is 0 Å². The Balaban J connectivity index is 1.85. The molecule has 2 amide bonds. The molecule has 8 nitrogen and oxygen atoms in total. The summed E-state index contributed by atoms with van der Waals surface area (Å²) in [5.41, 5.74) is 3.25. The van der Waals surface area contributed by atoms with Crippen LogP contribution in [-0.2, 0) is 11.3 Å². The summed E-state index contributed by atoms with van der Waals surface area (Å²) in [6, 6.07) is 11.4. The summed E-state index contributed by atoms with van der Waals surface area (Å²) in [4.78, 5) is 35.7. The maximum absolute atomic E-state index is 12.8. The summed E-state index contributed by atoms with van der Waals surface area (Å²) in [6.07, 6.45) is 2.25. The van der Waals surface area contributed by atoms with E-state index in [1.165, 1.54) is 11.3 Å². The Morgan fingerprint density at radius 2 is 1.94 bits per heavy atom. The monoisotopic (exact) mass is 481 g/mol. The van der Waals surface area contributed by atoms with Gasteiger partial charge in [-0.1, -0.05) is 0 Å². The molecule has 9 heteroatoms. The van der Waals surface area contributed by atoms with E-state index in [-0.39, 0.29) is 11.8 Å². The maximum Gasteiger partial charge on any atom is 0.281 e. The van der Waals surface area contributed by atoms with Gasteiger partial charge < -0.3 is 19.5 Å². The molecule has 0 unspecified atom stereocenters. The summed E-state index contributed by atoms with van der Waals surface area (Å²) < 4.78 is 7.58. The minimum Gasteiger partial charge on any atom is -0.494 e. The first-order valence-corrected chi connectivity index (χ1v) is 12.1. The van der Waals surface area contributed by atoms with Gasteiger partial charge in [-0.15, -0.1) is 11.3 Å². The molecule has 0 saturated heterocycles. The van der Waals surface area contributed by atoms with Crippen molar-refractivity contribution in [2.75, 3.05) is 33.8 Å². The van der Waals surface area contributed by atoms with Crippen molar-refractivity contribution in [2.24, 2.45) is 4.99 Å². The molecule has 180 valence electrons. The number of pyridine rings is 1. The number of carbonyl (C=O) groups is 2. The van der Waals surface area contributed by atoms with E-state index in [1.807, 2.05) is 67.1 Å². The largest absolute Gasteiger partial charge is 0.494 e. The number of amides is 2. The zero-order chi connectivity index (χ0) is 24.5. The molecule has 0 aliphatic rings. The Hall–Kier alpha value is -3.30. The SMILES string of the molecule is CCOc1ccc(-c2csc(=NC(=O)c3ccc(C)nc3)n2CCCNC(=O)CN(C)C)cc1. The third-order valence-electron chi connectivity index (χ3n) is 4.95. The summed E-state index contributed by atoms with van der Waals surface area (Å²) in [5, 5.41) is 4.94. The topological polar surface area (TPSA) is 88.8 Å². The van der Waals surface area contributed by atoms with Crippen molar-refractivity contribution in [1.29, 1.82) is 0 Å². The van der Waals surface area contributed by atoms with Gasteiger partial charge in [0.15, 0.2) is 4.80 Å². The van der Waals surface area contributed by atoms with Gasteiger partial charge in [0, 0.05) is 30.4 Å². The van der Waals surface area contributed by atoms with Crippen molar-refractivity contribution in [2.45, 2.75) is 26.8 Å². The lowest BCUT2D eigenvalue weighted by Crippen LogP contribution is -2.34. The van der Waals surface area contributed by atoms with Crippen LogP contribution in [0.5, 0.6) is 5.75 Å². The zero-order valence-electron chi connectivity index (χ0n) is 20.1. The fourth-order valence-corrected chi connectivity index (χ4v) is 4.24. The number of rotatable bonds is 10. The fraction of sp³-hybridized carbons (Fsp3) is 0.360. The molecule has 0 spiro atoms. The van der Waals surface area contributed by atoms with Crippen molar-refractivity contribution < 1.29 is 14.3 Å². The first-order chi connectivity index (χ1) is 16.4. The minimum atomic E-state index is -0.333. The van der Waals surface area contributed by atoms with E-state index in [0.29, 0.717) is 43.0 Å². The molecule has 0 saturated carbocycles. The van der Waals surface area contributed by atoms with Gasteiger partial charge in [0.05, 0.1) is 24.4 Å². The number of aromatic nitrogens is 2. The molecule has 0 aliphatic heterocycles. The molecule has 2 heterocycles. The first kappa shape index (κ1) is 25.3. The number of ether oxygens (including phenoxy) is 1. The van der Waals surface area contributed by atoms with Crippen molar-refractivity contribution in [3.05, 3.63) is 64.0 Å². The molecule has 0 bridgehead atoms. The second kappa shape index (κ2) is 12.2. The van der Waals surface area contributed by atoms with Gasteiger partial charge in [0.2, 0.25) is 5.91 Å². The van der Waals surface area contributed by atoms with Crippen molar-refractivity contribution >= 4 is 23.2 Å². The van der Waals surface area contributed by atoms with Crippen LogP contribution in [0, 0.1) is 6.92 Å². The highest BCUT2D eigenvalue weighted by atomic mass is 32.1. The number of likely N-dealkylation sites (N-methyl/N-ethyl adjacent to an activating group) is 1. The predicted octanol–water partition coefficient (Wildman–Crippen LogP) is 3.13. The highest BCUT2D eigenvalue weighted by Gasteiger charge is 2.12. The van der Waals surface area contributed by atoms with Crippen LogP contribution in [0.25, 0.3) is 11.3 Å². The van der Waals surface area contributed by atoms with Gasteiger partial charge in [-0.3, -0.25) is 14.6 Å². The van der Waals surface area contributed by atoms with Gasteiger partial charge in [0.25, 0.3) is 5.91 Å². The molecule has 3 rings (SSSR count). The van der Waals surface area contributed by atoms with Crippen molar-refractivity contribution in [1.82, 2.24) is 19.8 Å². The average molecular weight is 482 g/mol. The lowest BCUT2D eigenvalue weighted by molar-refractivity contribution is -0.121. The number of benzene rings is 1. The quantitative estimate of drug-likeness (QED) is 0.450. The summed E-state index contributed by atoms with van der Waals surface area (Å²) in [5.74, 6) is 0.461. The Labute approximate surface area is 203 Å². The summed E-state index contributed by atoms with van der Waals surface area (Å²) in [6.45, 7) is 5.92. The van der Waals surface area contributed by atoms with Crippen LogP contribution < -0.4 is 14.9 Å². The van der Waals surface area contributed by atoms with Gasteiger partial charge in [0.1, 0.15) is 5.75 Å². The second-order valence-electron chi connectivity index (χ2n) is 8.06. The third kappa shape index (κ3) is 7.10. The molecule has 0 aliphatic carbocycles. The molecule has 3 aromatic rings. The smallest absolute Gasteiger partial charge is 0.281 e. The first-order valence-electron chi connectivity index (χ1n) is 11.2. The van der Waals surface area contributed by atoms with Crippen LogP contribution in [0.2, 0.25) is 0 Å². The third-order valence-corrected chi connectivity index (χ3v) is 5.82. The van der Waals surface area contributed by atoms with E-state index in [1.54, 1.807) is 18.3 Å². The van der Waals surface area contributed by atoms with E-state index < -0.39 is 0 Å². The standard InChI is InChI=1S/C25H31N5O3S/c1-5-33-21-11-9-19(10-12-21)22-17-34-25(28-24(32)20-8-7-18(2)27-15-20)30(22)14-6-13-26-23(31)16-29(3)4/h7-12,15,17H,5-6,13-14,16H2,1-4H3,(H,26,31). The Kier molecular flexibility index (Phi) is 9.12. The number of aryl methyl sites for hydroxylation is 1. The Morgan fingerprint density at radius 3 is 2.59 bits per heavy atom. The summed E-state index contributed by atoms with van der Waals surface area (Å²) >= 11 is 1.41. The predicted molar refractivity (Wildman–Crippen MR) is 134 cm³/mol. The number of thiazole rings is 1. The molecule has 0 radical (unpaired) electrons. The van der Waals surface area contributed by atoms with Crippen LogP contribution in [0.3, 0.4) is 0 Å². The van der Waals surface area contributed by atoms with Gasteiger partial charge >= 0.3 is 0 Å². The number of nitrogens with zero attached hydrogens (tertiary/aromatic N) is 4. The molecule has 0 atom stereocenters. The molecule has 2 aromatic heterocycles. The van der Waals surface area contributed by atoms with E-state index in [4.69, 9.17) is 4.74 Å². The van der Waals surface area contributed by atoms with Gasteiger partial charge in [-0.25, -0.2) is 0 Å². The van der Waals surface area contributed by atoms with E-state index >= 15 is 0 Å². The number of carbonyl (C=O) groups excluding carboxylic acids is 2. The lowest BCUT2D eigenvalue weighted by atomic mass is 10.1. The molecule has 1 aromatic carbocycles. The lowest BCUT2D eigenvalue weighted by Gasteiger charge is -2.12.